The van der Waals surface area contributed by atoms with Crippen LogP contribution in [0, 0.1) is 0 Å². The van der Waals surface area contributed by atoms with Gasteiger partial charge >= 0.3 is 6.09 Å². The number of fused-ring (bicyclic) bond motifs is 1. The molecule has 24 heavy (non-hydrogen) atoms. The molecule has 0 spiro atoms. The first-order valence-corrected chi connectivity index (χ1v) is 8.96. The number of anilines is 1. The molecule has 0 unspecified atom stereocenters. The molecule has 2 aliphatic heterocycles. The van der Waals surface area contributed by atoms with Gasteiger partial charge in [0, 0.05) is 18.9 Å². The molecule has 0 N–H and O–H groups in total. The highest BCUT2D eigenvalue weighted by molar-refractivity contribution is 7.98. The van der Waals surface area contributed by atoms with Gasteiger partial charge in [0.05, 0.1) is 24.8 Å². The summed E-state index contributed by atoms with van der Waals surface area (Å²) in [5, 5.41) is 0.742. The summed E-state index contributed by atoms with van der Waals surface area (Å²) in [6.07, 6.45) is 5.06. The fourth-order valence-corrected chi connectivity index (χ4v) is 3.50. The van der Waals surface area contributed by atoms with Crippen LogP contribution < -0.4 is 4.90 Å². The number of rotatable bonds is 4. The van der Waals surface area contributed by atoms with Crippen LogP contribution in [0.4, 0.5) is 10.6 Å². The Balaban J connectivity index is 1.51. The lowest BCUT2D eigenvalue weighted by Gasteiger charge is -2.22. The van der Waals surface area contributed by atoms with Crippen molar-refractivity contribution in [3.63, 3.8) is 0 Å². The van der Waals surface area contributed by atoms with Crippen LogP contribution in [-0.4, -0.2) is 57.4 Å². The van der Waals surface area contributed by atoms with Crippen molar-refractivity contribution in [3.8, 4) is 0 Å². The molecule has 2 fully saturated rings. The van der Waals surface area contributed by atoms with Crippen molar-refractivity contribution in [2.24, 2.45) is 0 Å². The minimum Gasteiger partial charge on any atom is -0.442 e. The molecule has 2 saturated heterocycles. The molecule has 2 aliphatic rings. The molecule has 4 heterocycles. The van der Waals surface area contributed by atoms with E-state index in [9.17, 15) is 4.79 Å². The van der Waals surface area contributed by atoms with E-state index < -0.39 is 0 Å². The van der Waals surface area contributed by atoms with E-state index >= 15 is 0 Å². The number of carbonyl (C=O) groups is 1. The van der Waals surface area contributed by atoms with Gasteiger partial charge in [-0.2, -0.15) is 0 Å². The molecule has 0 saturated carbocycles. The highest BCUT2D eigenvalue weighted by atomic mass is 32.2. The minimum absolute atomic E-state index is 0.0206. The third kappa shape index (κ3) is 2.77. The Kier molecular flexibility index (Phi) is 3.97. The van der Waals surface area contributed by atoms with E-state index in [1.54, 1.807) is 17.3 Å². The van der Waals surface area contributed by atoms with Gasteiger partial charge in [-0.1, -0.05) is 17.8 Å². The van der Waals surface area contributed by atoms with Crippen LogP contribution in [0.3, 0.4) is 0 Å². The Morgan fingerprint density at radius 3 is 2.96 bits per heavy atom. The van der Waals surface area contributed by atoms with Gasteiger partial charge in [0.15, 0.2) is 5.16 Å². The van der Waals surface area contributed by atoms with E-state index in [0.29, 0.717) is 19.6 Å². The Morgan fingerprint density at radius 2 is 2.17 bits per heavy atom. The van der Waals surface area contributed by atoms with E-state index in [-0.39, 0.29) is 18.2 Å². The number of carbonyl (C=O) groups excluding carboxylic acids is 1. The molecule has 0 aliphatic carbocycles. The van der Waals surface area contributed by atoms with E-state index in [0.717, 1.165) is 16.7 Å². The molecule has 1 amide bonds. The molecule has 124 valence electrons. The standard InChI is InChI=1S/C16H17N5O2S/c1-24-15-18-7-5-14(19-15)20-9-12-13(10-20)23-16(22)21(12)8-11-4-2-3-6-17-11/h2-7,12-13H,8-10H2,1H3/t12-,13+/m0/s1. The van der Waals surface area contributed by atoms with Gasteiger partial charge < -0.3 is 9.64 Å². The van der Waals surface area contributed by atoms with Gasteiger partial charge in [-0.25, -0.2) is 14.8 Å². The second kappa shape index (κ2) is 6.27. The first-order chi connectivity index (χ1) is 11.7. The van der Waals surface area contributed by atoms with Gasteiger partial charge in [0.25, 0.3) is 0 Å². The number of thioether (sulfide) groups is 1. The summed E-state index contributed by atoms with van der Waals surface area (Å²) in [6.45, 7) is 1.82. The number of hydrogen-bond acceptors (Lipinski definition) is 7. The van der Waals surface area contributed by atoms with Crippen LogP contribution >= 0.6 is 11.8 Å². The van der Waals surface area contributed by atoms with Crippen molar-refractivity contribution >= 4 is 23.7 Å². The molecule has 0 bridgehead atoms. The Hall–Kier alpha value is -2.35. The smallest absolute Gasteiger partial charge is 0.410 e. The van der Waals surface area contributed by atoms with Crippen molar-refractivity contribution < 1.29 is 9.53 Å². The second-order valence-corrected chi connectivity index (χ2v) is 6.52. The molecule has 8 heteroatoms. The summed E-state index contributed by atoms with van der Waals surface area (Å²) in [7, 11) is 0. The maximum Gasteiger partial charge on any atom is 0.410 e. The zero-order chi connectivity index (χ0) is 16.5. The van der Waals surface area contributed by atoms with Crippen LogP contribution in [-0.2, 0) is 11.3 Å². The van der Waals surface area contributed by atoms with Crippen LogP contribution in [0.1, 0.15) is 5.69 Å². The van der Waals surface area contributed by atoms with Crippen LogP contribution in [0.25, 0.3) is 0 Å². The lowest BCUT2D eigenvalue weighted by Crippen LogP contribution is -2.37. The van der Waals surface area contributed by atoms with Crippen molar-refractivity contribution in [1.29, 1.82) is 0 Å². The first-order valence-electron chi connectivity index (χ1n) is 7.74. The third-order valence-corrected chi connectivity index (χ3v) is 4.87. The maximum atomic E-state index is 12.2. The first kappa shape index (κ1) is 15.2. The average molecular weight is 343 g/mol. The van der Waals surface area contributed by atoms with E-state index in [1.165, 1.54) is 11.8 Å². The van der Waals surface area contributed by atoms with Gasteiger partial charge in [0.1, 0.15) is 11.9 Å². The van der Waals surface area contributed by atoms with Crippen molar-refractivity contribution in [3.05, 3.63) is 42.4 Å². The molecule has 2 aromatic rings. The van der Waals surface area contributed by atoms with Gasteiger partial charge in [-0.05, 0) is 24.5 Å². The Labute approximate surface area is 144 Å². The quantitative estimate of drug-likeness (QED) is 0.619. The minimum atomic E-state index is -0.261. The molecule has 2 aromatic heterocycles. The fourth-order valence-electron chi connectivity index (χ4n) is 3.15. The number of nitrogens with zero attached hydrogens (tertiary/aromatic N) is 5. The molecule has 2 atom stereocenters. The van der Waals surface area contributed by atoms with Crippen LogP contribution in [0.5, 0.6) is 0 Å². The van der Waals surface area contributed by atoms with E-state index in [2.05, 4.69) is 19.9 Å². The molecular formula is C16H17N5O2S. The van der Waals surface area contributed by atoms with E-state index in [4.69, 9.17) is 4.74 Å². The lowest BCUT2D eigenvalue weighted by molar-refractivity contribution is 0.135. The summed E-state index contributed by atoms with van der Waals surface area (Å²) in [5.74, 6) is 0.873. The Bertz CT molecular complexity index is 744. The van der Waals surface area contributed by atoms with Gasteiger partial charge in [0.2, 0.25) is 0 Å². The number of amides is 1. The van der Waals surface area contributed by atoms with E-state index in [1.807, 2.05) is 30.5 Å². The topological polar surface area (TPSA) is 71.5 Å². The fraction of sp³-hybridized carbons (Fsp3) is 0.375. The molecular weight excluding hydrogens is 326 g/mol. The largest absolute Gasteiger partial charge is 0.442 e. The predicted molar refractivity (Wildman–Crippen MR) is 89.9 cm³/mol. The molecule has 0 radical (unpaired) electrons. The van der Waals surface area contributed by atoms with Crippen molar-refractivity contribution in [1.82, 2.24) is 19.9 Å². The van der Waals surface area contributed by atoms with Crippen molar-refractivity contribution in [2.45, 2.75) is 23.8 Å². The highest BCUT2D eigenvalue weighted by Gasteiger charge is 2.48. The summed E-state index contributed by atoms with van der Waals surface area (Å²) >= 11 is 1.51. The summed E-state index contributed by atoms with van der Waals surface area (Å²) in [4.78, 5) is 29.1. The SMILES string of the molecule is CSc1nccc(N2C[C@H]3OC(=O)N(Cc4ccccn4)[C@H]3C2)n1. The number of ether oxygens (including phenoxy) is 1. The molecule has 7 nitrogen and oxygen atoms in total. The summed E-state index contributed by atoms with van der Waals surface area (Å²) < 4.78 is 5.55. The number of pyridine rings is 1. The van der Waals surface area contributed by atoms with Crippen LogP contribution in [0.15, 0.2) is 41.8 Å². The zero-order valence-electron chi connectivity index (χ0n) is 13.2. The van der Waals surface area contributed by atoms with Crippen LogP contribution in [0.2, 0.25) is 0 Å². The summed E-state index contributed by atoms with van der Waals surface area (Å²) in [5.41, 5.74) is 0.861. The van der Waals surface area contributed by atoms with Crippen molar-refractivity contribution in [2.75, 3.05) is 24.2 Å². The average Bonchev–Trinajstić information content (AvgIpc) is 3.15. The maximum absolute atomic E-state index is 12.2. The predicted octanol–water partition coefficient (Wildman–Crippen LogP) is 1.80. The number of aromatic nitrogens is 3. The second-order valence-electron chi connectivity index (χ2n) is 5.75. The Morgan fingerprint density at radius 1 is 1.25 bits per heavy atom. The normalized spacial score (nSPS) is 22.6. The number of hydrogen-bond donors (Lipinski definition) is 0. The monoisotopic (exact) mass is 343 g/mol. The molecule has 0 aromatic carbocycles. The zero-order valence-corrected chi connectivity index (χ0v) is 14.0. The summed E-state index contributed by atoms with van der Waals surface area (Å²) in [6, 6.07) is 7.62. The van der Waals surface area contributed by atoms with Gasteiger partial charge in [-0.3, -0.25) is 9.88 Å². The molecule has 4 rings (SSSR count). The third-order valence-electron chi connectivity index (χ3n) is 4.31. The lowest BCUT2D eigenvalue weighted by atomic mass is 10.2. The highest BCUT2D eigenvalue weighted by Crippen LogP contribution is 2.30. The van der Waals surface area contributed by atoms with Gasteiger partial charge in [-0.15, -0.1) is 0 Å².